The van der Waals surface area contributed by atoms with Gasteiger partial charge in [0.2, 0.25) is 0 Å². The SMILES string of the molecule is O=C(O)CCc1ccc([C@]23C4=C5[C@]6(c7ccc(CCC(=O)O)cc7)c7c8ccc(c72)-c2ccc7c(c23)[C@]2(c3ccc(CCC(=O)O)cc3)C4=C3[C@@]4(c9ccc(CCC(=O)O)cc9)c9c(ccc-7c92)-c2ccc7c(c24)[C@@](c2ccc(CCC(=O)O)cc2)(c2c-7ccc-8c26)[C@@]53Cl)cc1. The summed E-state index contributed by atoms with van der Waals surface area (Å²) in [5.74, 6) is -4.38. The van der Waals surface area contributed by atoms with Gasteiger partial charge < -0.3 is 25.5 Å². The number of rotatable bonds is 20. The number of aryl methyl sites for hydroxylation is 5. The van der Waals surface area contributed by atoms with Gasteiger partial charge in [-0.15, -0.1) is 11.6 Å². The van der Waals surface area contributed by atoms with E-state index in [9.17, 15) is 61.1 Å². The van der Waals surface area contributed by atoms with Crippen LogP contribution in [-0.2, 0) is 83.2 Å². The highest BCUT2D eigenvalue weighted by molar-refractivity contribution is 6.35. The zero-order valence-electron chi connectivity index (χ0n) is 51.5. The number of fused-ring (bicyclic) bond motifs is 5. The number of halogens is 1. The van der Waals surface area contributed by atoms with Crippen LogP contribution in [0.15, 0.2) is 204 Å². The number of carboxylic acid groups (broad SMARTS) is 5. The van der Waals surface area contributed by atoms with Gasteiger partial charge in [0.05, 0.1) is 27.1 Å². The van der Waals surface area contributed by atoms with Crippen LogP contribution in [0.2, 0.25) is 0 Å². The van der Waals surface area contributed by atoms with Gasteiger partial charge in [-0.05, 0) is 221 Å². The molecule has 96 heavy (non-hydrogen) atoms. The second-order valence-corrected chi connectivity index (χ2v) is 29.0. The highest BCUT2D eigenvalue weighted by Crippen LogP contribution is 2.92. The molecule has 0 bridgehead atoms. The van der Waals surface area contributed by atoms with Crippen molar-refractivity contribution >= 4 is 41.4 Å². The summed E-state index contributed by atoms with van der Waals surface area (Å²) >= 11 is 10.5. The maximum atomic E-state index is 12.3. The minimum Gasteiger partial charge on any atom is -0.481 e. The molecule has 0 amide bonds. The van der Waals surface area contributed by atoms with Gasteiger partial charge in [-0.1, -0.05) is 182 Å². The first-order valence-electron chi connectivity index (χ1n) is 33.3. The van der Waals surface area contributed by atoms with Crippen LogP contribution in [0.4, 0.5) is 0 Å². The number of hydrogen-bond donors (Lipinski definition) is 5. The molecule has 0 unspecified atom stereocenters. The lowest BCUT2D eigenvalue weighted by Gasteiger charge is -2.64. The zero-order chi connectivity index (χ0) is 64.8. The Labute approximate surface area is 555 Å². The van der Waals surface area contributed by atoms with Crippen LogP contribution in [0.1, 0.15) is 143 Å². The fraction of sp³-hybridized carbons (Fsp3) is 0.188. The first-order valence-corrected chi connectivity index (χ1v) is 33.7. The van der Waals surface area contributed by atoms with Crippen molar-refractivity contribution in [2.45, 2.75) is 96.2 Å². The van der Waals surface area contributed by atoms with Gasteiger partial charge in [0, 0.05) is 32.1 Å². The highest BCUT2D eigenvalue weighted by atomic mass is 35.5. The van der Waals surface area contributed by atoms with Crippen molar-refractivity contribution in [2.24, 2.45) is 0 Å². The average molecular weight is 1270 g/mol. The fourth-order valence-corrected chi connectivity index (χ4v) is 22.7. The predicted octanol–water partition coefficient (Wildman–Crippen LogP) is 15.3. The number of hydrogen-bond acceptors (Lipinski definition) is 5. The quantitative estimate of drug-likeness (QED) is 0.0460. The lowest BCUT2D eigenvalue weighted by molar-refractivity contribution is -0.138. The molecule has 0 aliphatic heterocycles. The van der Waals surface area contributed by atoms with Crippen LogP contribution in [0, 0.1) is 0 Å². The molecule has 11 aliphatic rings. The number of allylic oxidation sites excluding steroid dienone is 4. The summed E-state index contributed by atoms with van der Waals surface area (Å²) in [5.41, 5.74) is 30.9. The molecule has 0 saturated carbocycles. The van der Waals surface area contributed by atoms with E-state index in [4.69, 9.17) is 0 Å². The number of carbonyl (C=O) groups is 5. The van der Waals surface area contributed by atoms with Crippen molar-refractivity contribution < 1.29 is 49.5 Å². The normalized spacial score (nSPS) is 24.1. The summed E-state index contributed by atoms with van der Waals surface area (Å²) in [6, 6.07) is 67.4. The first kappa shape index (κ1) is 54.7. The van der Waals surface area contributed by atoms with Gasteiger partial charge in [-0.25, -0.2) is 0 Å². The van der Waals surface area contributed by atoms with E-state index in [0.717, 1.165) is 167 Å². The molecule has 21 rings (SSSR count). The van der Waals surface area contributed by atoms with Gasteiger partial charge in [-0.2, -0.15) is 0 Å². The number of benzene rings is 10. The van der Waals surface area contributed by atoms with Crippen LogP contribution in [0.3, 0.4) is 0 Å². The largest absolute Gasteiger partial charge is 0.481 e. The Morgan fingerprint density at radius 1 is 0.250 bits per heavy atom. The second-order valence-electron chi connectivity index (χ2n) is 28.4. The molecule has 10 aromatic carbocycles. The third-order valence-corrected chi connectivity index (χ3v) is 25.4. The molecule has 462 valence electrons. The van der Waals surface area contributed by atoms with Crippen molar-refractivity contribution in [3.8, 4) is 55.6 Å². The van der Waals surface area contributed by atoms with Gasteiger partial charge in [0.1, 0.15) is 4.87 Å². The monoisotopic (exact) mass is 1270 g/mol. The van der Waals surface area contributed by atoms with Crippen LogP contribution in [0.25, 0.3) is 55.6 Å². The summed E-state index contributed by atoms with van der Waals surface area (Å²) in [5, 5.41) is 50.6. The lowest BCUT2D eigenvalue weighted by Crippen LogP contribution is -2.65. The Hall–Kier alpha value is -10.7. The molecule has 11 heteroatoms. The van der Waals surface area contributed by atoms with Gasteiger partial charge in [-0.3, -0.25) is 24.0 Å². The molecule has 0 aromatic heterocycles. The minimum atomic E-state index is -1.55. The average Bonchev–Trinajstić information content (AvgIpc) is 1.39. The Kier molecular flexibility index (Phi) is 10.0. The van der Waals surface area contributed by atoms with Crippen LogP contribution in [0.5, 0.6) is 0 Å². The Morgan fingerprint density at radius 2 is 0.438 bits per heavy atom. The predicted molar refractivity (Wildman–Crippen MR) is 361 cm³/mol. The van der Waals surface area contributed by atoms with E-state index >= 15 is 0 Å². The third-order valence-electron chi connectivity index (χ3n) is 24.8. The van der Waals surface area contributed by atoms with Crippen molar-refractivity contribution in [1.82, 2.24) is 0 Å². The smallest absolute Gasteiger partial charge is 0.303 e. The maximum absolute atomic E-state index is 12.3. The molecule has 0 saturated heterocycles. The molecule has 10 aromatic rings. The van der Waals surface area contributed by atoms with Crippen molar-refractivity contribution in [2.75, 3.05) is 0 Å². The molecule has 10 nitrogen and oxygen atoms in total. The van der Waals surface area contributed by atoms with Crippen LogP contribution < -0.4 is 0 Å². The van der Waals surface area contributed by atoms with E-state index < -0.39 is 61.8 Å². The Bertz CT molecular complexity index is 5270. The summed E-state index contributed by atoms with van der Waals surface area (Å²) < 4.78 is 0. The van der Waals surface area contributed by atoms with Crippen molar-refractivity contribution in [3.63, 3.8) is 0 Å². The third kappa shape index (κ3) is 5.64. The molecule has 0 heterocycles. The second kappa shape index (κ2) is 17.6. The fourth-order valence-electron chi connectivity index (χ4n) is 21.9. The van der Waals surface area contributed by atoms with Gasteiger partial charge in [0.25, 0.3) is 0 Å². The van der Waals surface area contributed by atoms with E-state index in [1.165, 1.54) is 22.3 Å². The van der Waals surface area contributed by atoms with E-state index in [1.807, 2.05) is 0 Å². The van der Waals surface area contributed by atoms with Crippen molar-refractivity contribution in [3.05, 3.63) is 316 Å². The van der Waals surface area contributed by atoms with Crippen molar-refractivity contribution in [1.29, 1.82) is 0 Å². The van der Waals surface area contributed by atoms with E-state index in [1.54, 1.807) is 0 Å². The van der Waals surface area contributed by atoms with Crippen LogP contribution >= 0.6 is 11.6 Å². The molecular weight excluding hydrogens is 1220 g/mol. The number of alkyl halides is 1. The standard InChI is InChI=1S/C85H55ClO10/c86-85-78-76-77-79(85)83(49-22-7-44(8-23-49)14-39-64(93)94)71-56-31-29-54-52-27-26-51-53-28-30-55-57-32-34-59-60-35-33-58(56)73(83)75(60)84(85,50-24-9-45(10-25-50)15-40-65(95)96)74(59)72(57)82(78,48-20-5-43(6-21-48)13-38-63(91)92)70(55)68(53)80(76,46-16-1-41(2-17-46)11-36-61(87)88)66(51)67(52)81(77,69(54)71)47-18-3-42(4-19-47)12-37-62(89)90/h1-10,16-35H,11-15,36-40H2,(H,87,88)(H,89,90)(H,91,92)(H,93,94)(H,95,96)/t80-,81+,82-,83+,84-,85-. The zero-order valence-corrected chi connectivity index (χ0v) is 52.3. The molecule has 0 spiro atoms. The minimum absolute atomic E-state index is 0.0341. The molecular formula is C85H55ClO10. The highest BCUT2D eigenvalue weighted by Gasteiger charge is 2.86. The summed E-state index contributed by atoms with van der Waals surface area (Å²) in [7, 11) is 0. The maximum Gasteiger partial charge on any atom is 0.303 e. The number of aliphatic carboxylic acids is 5. The first-order chi connectivity index (χ1) is 46.6. The Morgan fingerprint density at radius 3 is 0.667 bits per heavy atom. The van der Waals surface area contributed by atoms with E-state index in [2.05, 4.69) is 182 Å². The Balaban J connectivity index is 1.03. The molecule has 0 radical (unpaired) electrons. The summed E-state index contributed by atoms with van der Waals surface area (Å²) in [6.45, 7) is 0. The summed E-state index contributed by atoms with van der Waals surface area (Å²) in [6.07, 6.45) is 1.48. The lowest BCUT2D eigenvalue weighted by atomic mass is 9.40. The van der Waals surface area contributed by atoms with Gasteiger partial charge >= 0.3 is 29.8 Å². The van der Waals surface area contributed by atoms with E-state index in [-0.39, 0.29) is 32.1 Å². The molecule has 11 aliphatic carbocycles. The van der Waals surface area contributed by atoms with E-state index in [0.29, 0.717) is 32.1 Å². The molecule has 5 N–H and O–H groups in total. The van der Waals surface area contributed by atoms with Crippen LogP contribution in [-0.4, -0.2) is 60.3 Å². The number of carboxylic acids is 5. The van der Waals surface area contributed by atoms with Gasteiger partial charge in [0.15, 0.2) is 0 Å². The topological polar surface area (TPSA) is 186 Å². The molecule has 6 atom stereocenters. The molecule has 0 fully saturated rings. The summed E-state index contributed by atoms with van der Waals surface area (Å²) in [4.78, 5) is 60.2.